The lowest BCUT2D eigenvalue weighted by Crippen LogP contribution is -2.34. The van der Waals surface area contributed by atoms with Gasteiger partial charge >= 0.3 is 0 Å². The van der Waals surface area contributed by atoms with Gasteiger partial charge in [-0.1, -0.05) is 18.0 Å². The average molecular weight is 264 g/mol. The third-order valence-electron chi connectivity index (χ3n) is 3.49. The zero-order chi connectivity index (χ0) is 12.4. The minimum absolute atomic E-state index is 0.359. The van der Waals surface area contributed by atoms with Crippen molar-refractivity contribution in [3.8, 4) is 0 Å². The Kier molecular flexibility index (Phi) is 3.13. The maximum absolute atomic E-state index is 6.29. The van der Waals surface area contributed by atoms with Crippen LogP contribution in [0.1, 0.15) is 43.1 Å². The van der Waals surface area contributed by atoms with E-state index in [0.29, 0.717) is 11.7 Å². The molecule has 0 aromatic carbocycles. The van der Waals surface area contributed by atoms with Crippen LogP contribution in [0, 0.1) is 0 Å². The number of nitrogens with two attached hydrogens (primary N) is 1. The van der Waals surface area contributed by atoms with E-state index < -0.39 is 0 Å². The van der Waals surface area contributed by atoms with Gasteiger partial charge in [0.1, 0.15) is 0 Å². The van der Waals surface area contributed by atoms with E-state index in [1.165, 1.54) is 0 Å². The Labute approximate surface area is 109 Å². The molecule has 3 rings (SSSR count). The summed E-state index contributed by atoms with van der Waals surface area (Å²) >= 11 is 1.60. The molecular formula is C12H16N4OS. The van der Waals surface area contributed by atoms with Gasteiger partial charge in [-0.3, -0.25) is 0 Å². The smallest absolute Gasteiger partial charge is 0.227 e. The Morgan fingerprint density at radius 1 is 1.33 bits per heavy atom. The maximum atomic E-state index is 6.29. The van der Waals surface area contributed by atoms with Crippen LogP contribution in [0.3, 0.4) is 0 Å². The number of hydrogen-bond acceptors (Lipinski definition) is 6. The largest absolute Gasteiger partial charge is 0.339 e. The first-order valence-electron chi connectivity index (χ1n) is 6.25. The molecule has 2 heterocycles. The van der Waals surface area contributed by atoms with E-state index in [2.05, 4.69) is 15.1 Å². The summed E-state index contributed by atoms with van der Waals surface area (Å²) in [4.78, 5) is 8.67. The molecule has 1 aliphatic carbocycles. The van der Waals surface area contributed by atoms with E-state index in [4.69, 9.17) is 10.3 Å². The number of aromatic nitrogens is 3. The second-order valence-corrected chi connectivity index (χ2v) is 5.57. The maximum Gasteiger partial charge on any atom is 0.227 e. The Hall–Kier alpha value is -1.27. The van der Waals surface area contributed by atoms with Crippen LogP contribution < -0.4 is 5.73 Å². The second kappa shape index (κ2) is 4.78. The molecule has 2 N–H and O–H groups in total. The summed E-state index contributed by atoms with van der Waals surface area (Å²) in [5.74, 6) is 1.34. The van der Waals surface area contributed by atoms with Crippen molar-refractivity contribution >= 4 is 11.3 Å². The summed E-state index contributed by atoms with van der Waals surface area (Å²) in [7, 11) is 0. The van der Waals surface area contributed by atoms with E-state index in [0.717, 1.165) is 44.2 Å². The van der Waals surface area contributed by atoms with Crippen LogP contribution in [0.4, 0.5) is 0 Å². The van der Waals surface area contributed by atoms with Crippen LogP contribution in [0.5, 0.6) is 0 Å². The Balaban J connectivity index is 1.66. The van der Waals surface area contributed by atoms with Gasteiger partial charge in [0, 0.05) is 11.8 Å². The molecule has 0 amide bonds. The Morgan fingerprint density at radius 2 is 2.17 bits per heavy atom. The summed E-state index contributed by atoms with van der Waals surface area (Å²) in [6.45, 7) is 0. The zero-order valence-corrected chi connectivity index (χ0v) is 10.9. The fraction of sp³-hybridized carbons (Fsp3) is 0.583. The van der Waals surface area contributed by atoms with Gasteiger partial charge in [-0.05, 0) is 19.3 Å². The predicted molar refractivity (Wildman–Crippen MR) is 68.2 cm³/mol. The van der Waals surface area contributed by atoms with Crippen LogP contribution in [0.2, 0.25) is 0 Å². The average Bonchev–Trinajstić information content (AvgIpc) is 3.08. The molecule has 0 bridgehead atoms. The molecule has 1 aliphatic rings. The van der Waals surface area contributed by atoms with Crippen LogP contribution in [-0.4, -0.2) is 15.1 Å². The lowest BCUT2D eigenvalue weighted by atomic mass is 9.99. The van der Waals surface area contributed by atoms with Gasteiger partial charge in [-0.15, -0.1) is 11.3 Å². The molecule has 0 radical (unpaired) electrons. The van der Waals surface area contributed by atoms with Gasteiger partial charge in [0.25, 0.3) is 0 Å². The minimum atomic E-state index is -0.359. The highest BCUT2D eigenvalue weighted by atomic mass is 32.1. The highest BCUT2D eigenvalue weighted by Crippen LogP contribution is 2.34. The van der Waals surface area contributed by atoms with Crippen LogP contribution in [-0.2, 0) is 18.4 Å². The lowest BCUT2D eigenvalue weighted by molar-refractivity contribution is 0.348. The molecule has 6 heteroatoms. The van der Waals surface area contributed by atoms with Gasteiger partial charge in [0.2, 0.25) is 5.89 Å². The molecule has 2 aromatic rings. The number of hydrogen-bond donors (Lipinski definition) is 1. The van der Waals surface area contributed by atoms with Crippen molar-refractivity contribution in [1.29, 1.82) is 0 Å². The first kappa shape index (κ1) is 11.8. The first-order chi connectivity index (χ1) is 8.76. The normalized spacial score (nSPS) is 18.3. The Bertz CT molecular complexity index is 502. The molecule has 0 atom stereocenters. The van der Waals surface area contributed by atoms with Crippen LogP contribution >= 0.6 is 11.3 Å². The van der Waals surface area contributed by atoms with Crippen LogP contribution in [0.25, 0.3) is 0 Å². The van der Waals surface area contributed by atoms with Crippen LogP contribution in [0.15, 0.2) is 15.4 Å². The molecule has 0 unspecified atom stereocenters. The molecule has 96 valence electrons. The number of thiazole rings is 1. The number of rotatable bonds is 4. The van der Waals surface area contributed by atoms with Crippen molar-refractivity contribution in [1.82, 2.24) is 15.1 Å². The van der Waals surface area contributed by atoms with E-state index in [-0.39, 0.29) is 5.54 Å². The van der Waals surface area contributed by atoms with E-state index in [9.17, 15) is 0 Å². The van der Waals surface area contributed by atoms with Crippen molar-refractivity contribution < 1.29 is 4.52 Å². The molecule has 0 saturated heterocycles. The van der Waals surface area contributed by atoms with Gasteiger partial charge in [0.15, 0.2) is 5.82 Å². The highest BCUT2D eigenvalue weighted by Gasteiger charge is 2.35. The van der Waals surface area contributed by atoms with E-state index in [1.807, 2.05) is 10.9 Å². The zero-order valence-electron chi connectivity index (χ0n) is 10.1. The molecule has 0 aliphatic heterocycles. The van der Waals surface area contributed by atoms with Crippen molar-refractivity contribution in [2.45, 2.75) is 44.1 Å². The molecular weight excluding hydrogens is 248 g/mol. The van der Waals surface area contributed by atoms with Gasteiger partial charge in [0.05, 0.1) is 16.7 Å². The first-order valence-corrected chi connectivity index (χ1v) is 7.20. The highest BCUT2D eigenvalue weighted by molar-refractivity contribution is 7.07. The number of nitrogens with zero attached hydrogens (tertiary/aromatic N) is 3. The lowest BCUT2D eigenvalue weighted by Gasteiger charge is -2.17. The van der Waals surface area contributed by atoms with Crippen molar-refractivity contribution in [2.24, 2.45) is 5.73 Å². The standard InChI is InChI=1S/C12H16N4OS/c13-12(5-1-2-6-12)11-15-10(17-16-11)4-3-9-7-18-8-14-9/h7-8H,1-6,13H2. The molecule has 18 heavy (non-hydrogen) atoms. The van der Waals surface area contributed by atoms with Crippen molar-refractivity contribution in [3.05, 3.63) is 28.3 Å². The fourth-order valence-corrected chi connectivity index (χ4v) is 2.98. The van der Waals surface area contributed by atoms with E-state index >= 15 is 0 Å². The predicted octanol–water partition coefficient (Wildman–Crippen LogP) is 2.04. The molecule has 2 aromatic heterocycles. The molecule has 0 spiro atoms. The van der Waals surface area contributed by atoms with Gasteiger partial charge < -0.3 is 10.3 Å². The summed E-state index contributed by atoms with van der Waals surface area (Å²) in [6.07, 6.45) is 5.78. The van der Waals surface area contributed by atoms with Crippen molar-refractivity contribution in [2.75, 3.05) is 0 Å². The summed E-state index contributed by atoms with van der Waals surface area (Å²) in [5.41, 5.74) is 8.84. The molecule has 5 nitrogen and oxygen atoms in total. The number of aryl methyl sites for hydroxylation is 2. The topological polar surface area (TPSA) is 77.8 Å². The van der Waals surface area contributed by atoms with E-state index in [1.54, 1.807) is 11.3 Å². The summed E-state index contributed by atoms with van der Waals surface area (Å²) in [6, 6.07) is 0. The molecule has 1 saturated carbocycles. The summed E-state index contributed by atoms with van der Waals surface area (Å²) in [5, 5.41) is 6.08. The van der Waals surface area contributed by atoms with Crippen molar-refractivity contribution in [3.63, 3.8) is 0 Å². The Morgan fingerprint density at radius 3 is 2.89 bits per heavy atom. The minimum Gasteiger partial charge on any atom is -0.339 e. The quantitative estimate of drug-likeness (QED) is 0.914. The third kappa shape index (κ3) is 2.30. The molecule has 1 fully saturated rings. The van der Waals surface area contributed by atoms with Gasteiger partial charge in [-0.2, -0.15) is 4.98 Å². The third-order valence-corrected chi connectivity index (χ3v) is 4.12. The fourth-order valence-electron chi connectivity index (χ4n) is 2.38. The monoisotopic (exact) mass is 264 g/mol. The van der Waals surface area contributed by atoms with Gasteiger partial charge in [-0.25, -0.2) is 4.98 Å². The SMILES string of the molecule is NC1(c2noc(CCc3cscn3)n2)CCCC1. The summed E-state index contributed by atoms with van der Waals surface area (Å²) < 4.78 is 5.28. The second-order valence-electron chi connectivity index (χ2n) is 4.85.